The van der Waals surface area contributed by atoms with Crippen molar-refractivity contribution in [1.29, 1.82) is 0 Å². The molecular weight excluding hydrogens is 278 g/mol. The van der Waals surface area contributed by atoms with Gasteiger partial charge in [-0.25, -0.2) is 0 Å². The van der Waals surface area contributed by atoms with E-state index in [1.54, 1.807) is 0 Å². The summed E-state index contributed by atoms with van der Waals surface area (Å²) in [5.74, 6) is 0. The highest BCUT2D eigenvalue weighted by atomic mass is 79.9. The van der Waals surface area contributed by atoms with Crippen LogP contribution in [0.15, 0.2) is 22.8 Å². The zero-order chi connectivity index (χ0) is 12.2. The fourth-order valence-electron chi connectivity index (χ4n) is 2.65. The van der Waals surface area contributed by atoms with Crippen molar-refractivity contribution >= 4 is 26.8 Å². The smallest absolute Gasteiger partial charge is 0.0840 e. The van der Waals surface area contributed by atoms with E-state index in [0.717, 1.165) is 23.0 Å². The quantitative estimate of drug-likeness (QED) is 0.854. The maximum Gasteiger partial charge on any atom is 0.0840 e. The summed E-state index contributed by atoms with van der Waals surface area (Å²) in [7, 11) is 0. The van der Waals surface area contributed by atoms with Crippen molar-refractivity contribution in [2.75, 3.05) is 0 Å². The summed E-state index contributed by atoms with van der Waals surface area (Å²) in [5.41, 5.74) is 2.91. The molecule has 0 saturated heterocycles. The molecule has 90 valence electrons. The second-order valence-corrected chi connectivity index (χ2v) is 6.22. The van der Waals surface area contributed by atoms with Gasteiger partial charge in [0, 0.05) is 22.6 Å². The van der Waals surface area contributed by atoms with Gasteiger partial charge >= 0.3 is 0 Å². The Morgan fingerprint density at radius 2 is 2.12 bits per heavy atom. The number of hydrogen-bond donors (Lipinski definition) is 1. The van der Waals surface area contributed by atoms with E-state index in [9.17, 15) is 5.11 Å². The standard InChI is InChI=1S/C14H16BrNO/c1-14(2,17)10-6-9-4-3-5-16-8-12(15)11(7-10)13(9)16/h6-8,17H,3-5H2,1-2H3. The highest BCUT2D eigenvalue weighted by Gasteiger charge is 2.22. The van der Waals surface area contributed by atoms with Crippen molar-refractivity contribution in [3.63, 3.8) is 0 Å². The Balaban J connectivity index is 2.36. The summed E-state index contributed by atoms with van der Waals surface area (Å²) in [6, 6.07) is 4.26. The molecule has 0 atom stereocenters. The molecule has 1 aromatic carbocycles. The minimum Gasteiger partial charge on any atom is -0.386 e. The SMILES string of the molecule is CC(C)(O)c1cc2c3c(c1)c(Br)cn3CCC2. The van der Waals surface area contributed by atoms with Crippen LogP contribution in [-0.2, 0) is 18.6 Å². The van der Waals surface area contributed by atoms with Crippen molar-refractivity contribution in [1.82, 2.24) is 4.57 Å². The molecule has 0 amide bonds. The van der Waals surface area contributed by atoms with E-state index in [4.69, 9.17) is 0 Å². The third kappa shape index (κ3) is 1.72. The maximum atomic E-state index is 10.2. The van der Waals surface area contributed by atoms with Crippen LogP contribution in [0.2, 0.25) is 0 Å². The highest BCUT2D eigenvalue weighted by molar-refractivity contribution is 9.10. The van der Waals surface area contributed by atoms with Gasteiger partial charge in [-0.05, 0) is 59.8 Å². The molecule has 0 aliphatic carbocycles. The number of benzene rings is 1. The Labute approximate surface area is 109 Å². The van der Waals surface area contributed by atoms with Crippen molar-refractivity contribution in [2.45, 2.75) is 38.8 Å². The van der Waals surface area contributed by atoms with Crippen molar-refractivity contribution in [3.05, 3.63) is 33.9 Å². The summed E-state index contributed by atoms with van der Waals surface area (Å²) in [5, 5.41) is 11.4. The lowest BCUT2D eigenvalue weighted by Crippen LogP contribution is -2.16. The first-order valence-corrected chi connectivity index (χ1v) is 6.80. The summed E-state index contributed by atoms with van der Waals surface area (Å²) in [6.45, 7) is 4.78. The lowest BCUT2D eigenvalue weighted by atomic mass is 9.92. The van der Waals surface area contributed by atoms with E-state index in [1.165, 1.54) is 22.9 Å². The van der Waals surface area contributed by atoms with Crippen LogP contribution in [0.25, 0.3) is 10.9 Å². The Hall–Kier alpha value is -0.800. The molecule has 0 spiro atoms. The molecule has 1 aromatic heterocycles. The number of aliphatic hydroxyl groups is 1. The minimum atomic E-state index is -0.774. The maximum absolute atomic E-state index is 10.2. The molecule has 2 nitrogen and oxygen atoms in total. The van der Waals surface area contributed by atoms with Gasteiger partial charge in [-0.1, -0.05) is 6.07 Å². The molecule has 0 fully saturated rings. The van der Waals surface area contributed by atoms with E-state index in [0.29, 0.717) is 0 Å². The van der Waals surface area contributed by atoms with Crippen molar-refractivity contribution in [3.8, 4) is 0 Å². The average Bonchev–Trinajstić information content (AvgIpc) is 2.56. The zero-order valence-electron chi connectivity index (χ0n) is 10.1. The third-order valence-corrected chi connectivity index (χ3v) is 4.19. The molecule has 1 N–H and O–H groups in total. The van der Waals surface area contributed by atoms with Crippen LogP contribution in [-0.4, -0.2) is 9.67 Å². The Bertz CT molecular complexity index is 592. The van der Waals surface area contributed by atoms with Crippen LogP contribution in [0.4, 0.5) is 0 Å². The van der Waals surface area contributed by atoms with Crippen molar-refractivity contribution < 1.29 is 5.11 Å². The Morgan fingerprint density at radius 3 is 2.82 bits per heavy atom. The number of nitrogens with zero attached hydrogens (tertiary/aromatic N) is 1. The van der Waals surface area contributed by atoms with Crippen molar-refractivity contribution in [2.24, 2.45) is 0 Å². The first kappa shape index (κ1) is 11.3. The molecule has 17 heavy (non-hydrogen) atoms. The summed E-state index contributed by atoms with van der Waals surface area (Å²) < 4.78 is 3.44. The molecule has 0 unspecified atom stereocenters. The van der Waals surface area contributed by atoms with E-state index < -0.39 is 5.60 Å². The molecule has 0 radical (unpaired) electrons. The van der Waals surface area contributed by atoms with Crippen LogP contribution in [0.1, 0.15) is 31.4 Å². The third-order valence-electron chi connectivity index (χ3n) is 3.55. The lowest BCUT2D eigenvalue weighted by molar-refractivity contribution is 0.0786. The number of rotatable bonds is 1. The van der Waals surface area contributed by atoms with Crippen LogP contribution in [0.5, 0.6) is 0 Å². The van der Waals surface area contributed by atoms with Gasteiger partial charge < -0.3 is 9.67 Å². The Kier molecular flexibility index (Phi) is 2.39. The van der Waals surface area contributed by atoms with Crippen LogP contribution in [0, 0.1) is 0 Å². The van der Waals surface area contributed by atoms with Gasteiger partial charge in [0.25, 0.3) is 0 Å². The van der Waals surface area contributed by atoms with E-state index >= 15 is 0 Å². The molecule has 1 aliphatic rings. The van der Waals surface area contributed by atoms with Gasteiger partial charge in [0.05, 0.1) is 11.1 Å². The van der Waals surface area contributed by atoms with Crippen LogP contribution < -0.4 is 0 Å². The van der Waals surface area contributed by atoms with E-state index in [1.807, 2.05) is 13.8 Å². The van der Waals surface area contributed by atoms with Crippen LogP contribution in [0.3, 0.4) is 0 Å². The highest BCUT2D eigenvalue weighted by Crippen LogP contribution is 2.36. The number of hydrogen-bond acceptors (Lipinski definition) is 1. The van der Waals surface area contributed by atoms with Gasteiger partial charge in [0.15, 0.2) is 0 Å². The lowest BCUT2D eigenvalue weighted by Gasteiger charge is -2.22. The second kappa shape index (κ2) is 3.59. The minimum absolute atomic E-state index is 0.774. The first-order chi connectivity index (χ1) is 7.97. The number of halogens is 1. The zero-order valence-corrected chi connectivity index (χ0v) is 11.7. The molecule has 0 bridgehead atoms. The Morgan fingerprint density at radius 1 is 1.35 bits per heavy atom. The largest absolute Gasteiger partial charge is 0.386 e. The molecule has 3 rings (SSSR count). The van der Waals surface area contributed by atoms with E-state index in [2.05, 4.69) is 38.8 Å². The summed E-state index contributed by atoms with van der Waals surface area (Å²) in [6.07, 6.45) is 4.44. The van der Waals surface area contributed by atoms with E-state index in [-0.39, 0.29) is 0 Å². The average molecular weight is 294 g/mol. The molecule has 3 heteroatoms. The molecule has 1 aliphatic heterocycles. The predicted molar refractivity (Wildman–Crippen MR) is 73.2 cm³/mol. The van der Waals surface area contributed by atoms with Crippen LogP contribution >= 0.6 is 15.9 Å². The fourth-order valence-corrected chi connectivity index (χ4v) is 3.20. The molecular formula is C14H16BrNO. The predicted octanol–water partition coefficient (Wildman–Crippen LogP) is 3.58. The topological polar surface area (TPSA) is 25.2 Å². The molecule has 2 aromatic rings. The summed E-state index contributed by atoms with van der Waals surface area (Å²) >= 11 is 3.62. The first-order valence-electron chi connectivity index (χ1n) is 6.01. The molecule has 2 heterocycles. The van der Waals surface area contributed by atoms with Gasteiger partial charge in [0.1, 0.15) is 0 Å². The second-order valence-electron chi connectivity index (χ2n) is 5.36. The van der Waals surface area contributed by atoms with Gasteiger partial charge in [-0.2, -0.15) is 0 Å². The van der Waals surface area contributed by atoms with Gasteiger partial charge in [0.2, 0.25) is 0 Å². The molecule has 0 saturated carbocycles. The van der Waals surface area contributed by atoms with Gasteiger partial charge in [-0.15, -0.1) is 0 Å². The summed E-state index contributed by atoms with van der Waals surface area (Å²) in [4.78, 5) is 0. The van der Waals surface area contributed by atoms with Gasteiger partial charge in [-0.3, -0.25) is 0 Å². The monoisotopic (exact) mass is 293 g/mol. The normalized spacial score (nSPS) is 15.5. The fraction of sp³-hybridized carbons (Fsp3) is 0.429. The number of aryl methyl sites for hydroxylation is 2. The number of aromatic nitrogens is 1.